The molecule has 0 heterocycles. The van der Waals surface area contributed by atoms with E-state index in [2.05, 4.69) is 10.2 Å². The lowest BCUT2D eigenvalue weighted by Crippen LogP contribution is -2.21. The summed E-state index contributed by atoms with van der Waals surface area (Å²) in [4.78, 5) is 10.8. The molecule has 0 aliphatic rings. The Balaban J connectivity index is 3.23. The van der Waals surface area contributed by atoms with Crippen LogP contribution in [-0.2, 0) is 6.42 Å². The zero-order valence-electron chi connectivity index (χ0n) is 11.0. The second-order valence-electron chi connectivity index (χ2n) is 4.06. The van der Waals surface area contributed by atoms with Crippen molar-refractivity contribution in [1.29, 1.82) is 0 Å². The average Bonchev–Trinajstić information content (AvgIpc) is 2.31. The van der Waals surface area contributed by atoms with Crippen molar-refractivity contribution in [3.63, 3.8) is 0 Å². The fourth-order valence-corrected chi connectivity index (χ4v) is 1.79. The van der Waals surface area contributed by atoms with Gasteiger partial charge in [0.1, 0.15) is 0 Å². The molecule has 0 saturated carbocycles. The van der Waals surface area contributed by atoms with Gasteiger partial charge in [-0.25, -0.2) is 0 Å². The maximum Gasteiger partial charge on any atom is 0.276 e. The van der Waals surface area contributed by atoms with Gasteiger partial charge in [0.2, 0.25) is 5.96 Å². The molecular formula is C12H17N5O2. The van der Waals surface area contributed by atoms with Crippen molar-refractivity contribution < 1.29 is 4.92 Å². The summed E-state index contributed by atoms with van der Waals surface area (Å²) in [5.41, 5.74) is 12.3. The Morgan fingerprint density at radius 1 is 1.47 bits per heavy atom. The quantitative estimate of drug-likeness (QED) is 0.361. The van der Waals surface area contributed by atoms with Crippen molar-refractivity contribution in [3.05, 3.63) is 38.9 Å². The van der Waals surface area contributed by atoms with Crippen molar-refractivity contribution >= 4 is 17.9 Å². The predicted octanol–water partition coefficient (Wildman–Crippen LogP) is 1.46. The molecule has 0 radical (unpaired) electrons. The summed E-state index contributed by atoms with van der Waals surface area (Å²) >= 11 is 0. The van der Waals surface area contributed by atoms with Crippen LogP contribution in [0.4, 0.5) is 5.69 Å². The monoisotopic (exact) mass is 263 g/mol. The second kappa shape index (κ2) is 6.48. The highest BCUT2D eigenvalue weighted by atomic mass is 16.6. The summed E-state index contributed by atoms with van der Waals surface area (Å²) < 4.78 is 0. The van der Waals surface area contributed by atoms with Gasteiger partial charge in [-0.05, 0) is 13.3 Å². The van der Waals surface area contributed by atoms with Gasteiger partial charge in [-0.2, -0.15) is 5.10 Å². The number of hydrogen-bond acceptors (Lipinski definition) is 4. The molecular weight excluding hydrogens is 246 g/mol. The molecule has 1 rings (SSSR count). The van der Waals surface area contributed by atoms with Gasteiger partial charge >= 0.3 is 0 Å². The minimum absolute atomic E-state index is 0.135. The van der Waals surface area contributed by atoms with E-state index in [4.69, 9.17) is 11.5 Å². The largest absolute Gasteiger partial charge is 0.369 e. The number of nitrogens with zero attached hydrogens (tertiary/aromatic N) is 3. The number of nitrogens with two attached hydrogens (primary N) is 2. The lowest BCUT2D eigenvalue weighted by Gasteiger charge is -2.06. The molecule has 102 valence electrons. The molecule has 0 bridgehead atoms. The van der Waals surface area contributed by atoms with Crippen molar-refractivity contribution in [3.8, 4) is 0 Å². The van der Waals surface area contributed by atoms with Crippen LogP contribution >= 0.6 is 0 Å². The molecule has 0 saturated heterocycles. The van der Waals surface area contributed by atoms with Crippen LogP contribution in [-0.4, -0.2) is 17.1 Å². The predicted molar refractivity (Wildman–Crippen MR) is 75.2 cm³/mol. The van der Waals surface area contributed by atoms with E-state index in [1.807, 2.05) is 6.92 Å². The van der Waals surface area contributed by atoms with Crippen LogP contribution in [0.5, 0.6) is 0 Å². The Morgan fingerprint density at radius 2 is 2.16 bits per heavy atom. The first kappa shape index (κ1) is 14.6. The molecule has 19 heavy (non-hydrogen) atoms. The van der Waals surface area contributed by atoms with Crippen LogP contribution in [0, 0.1) is 17.0 Å². The zero-order valence-corrected chi connectivity index (χ0v) is 11.0. The summed E-state index contributed by atoms with van der Waals surface area (Å²) in [5.74, 6) is -0.161. The Bertz CT molecular complexity index is 533. The van der Waals surface area contributed by atoms with Gasteiger partial charge in [-0.1, -0.05) is 25.5 Å². The van der Waals surface area contributed by atoms with E-state index >= 15 is 0 Å². The third-order valence-corrected chi connectivity index (χ3v) is 2.63. The lowest BCUT2D eigenvalue weighted by molar-refractivity contribution is -0.386. The first-order valence-corrected chi connectivity index (χ1v) is 5.86. The van der Waals surface area contributed by atoms with Crippen LogP contribution < -0.4 is 11.5 Å². The van der Waals surface area contributed by atoms with Gasteiger partial charge in [0.15, 0.2) is 0 Å². The highest BCUT2D eigenvalue weighted by molar-refractivity contribution is 5.85. The number of nitro benzene ring substituents is 1. The third kappa shape index (κ3) is 3.77. The van der Waals surface area contributed by atoms with Gasteiger partial charge in [0.25, 0.3) is 5.69 Å². The van der Waals surface area contributed by atoms with Gasteiger partial charge < -0.3 is 11.5 Å². The van der Waals surface area contributed by atoms with Gasteiger partial charge in [-0.15, -0.1) is 5.10 Å². The Kier molecular flexibility index (Phi) is 4.99. The topological polar surface area (TPSA) is 120 Å². The molecule has 0 spiro atoms. The zero-order chi connectivity index (χ0) is 14.4. The van der Waals surface area contributed by atoms with E-state index in [-0.39, 0.29) is 16.6 Å². The van der Waals surface area contributed by atoms with E-state index < -0.39 is 0 Å². The number of rotatable bonds is 5. The second-order valence-corrected chi connectivity index (χ2v) is 4.06. The molecule has 0 unspecified atom stereocenters. The fraction of sp³-hybridized carbons (Fsp3) is 0.333. The maximum atomic E-state index is 11.1. The smallest absolute Gasteiger partial charge is 0.276 e. The van der Waals surface area contributed by atoms with E-state index in [1.165, 1.54) is 6.21 Å². The van der Waals surface area contributed by atoms with Crippen molar-refractivity contribution in [2.75, 3.05) is 0 Å². The first-order chi connectivity index (χ1) is 8.97. The maximum absolute atomic E-state index is 11.1. The summed E-state index contributed by atoms with van der Waals surface area (Å²) in [6, 6.07) is 3.52. The standard InChI is InChI=1S/C12H17N5O2/c1-3-4-9-5-6-10(7-15-16-12(13)14)8(2)11(9)17(18)19/h5-7H,3-4H2,1-2H3,(H4,13,14,16). The van der Waals surface area contributed by atoms with Crippen molar-refractivity contribution in [2.45, 2.75) is 26.7 Å². The van der Waals surface area contributed by atoms with Crippen LogP contribution in [0.15, 0.2) is 22.3 Å². The third-order valence-electron chi connectivity index (χ3n) is 2.63. The normalized spacial score (nSPS) is 10.6. The van der Waals surface area contributed by atoms with Gasteiger partial charge in [-0.3, -0.25) is 10.1 Å². The summed E-state index contributed by atoms with van der Waals surface area (Å²) in [7, 11) is 0. The molecule has 0 aliphatic heterocycles. The number of guanidine groups is 1. The number of nitro groups is 1. The molecule has 0 aliphatic carbocycles. The molecule has 1 aromatic carbocycles. The fourth-order valence-electron chi connectivity index (χ4n) is 1.79. The minimum atomic E-state index is -0.363. The molecule has 1 aromatic rings. The molecule has 0 aromatic heterocycles. The molecule has 7 heteroatoms. The van der Waals surface area contributed by atoms with E-state index in [0.29, 0.717) is 17.5 Å². The van der Waals surface area contributed by atoms with Crippen LogP contribution in [0.2, 0.25) is 0 Å². The van der Waals surface area contributed by atoms with Crippen LogP contribution in [0.3, 0.4) is 0 Å². The highest BCUT2D eigenvalue weighted by Crippen LogP contribution is 2.26. The molecule has 0 amide bonds. The lowest BCUT2D eigenvalue weighted by atomic mass is 10.00. The minimum Gasteiger partial charge on any atom is -0.369 e. The van der Waals surface area contributed by atoms with Gasteiger partial charge in [0.05, 0.1) is 11.1 Å². The first-order valence-electron chi connectivity index (χ1n) is 5.86. The SMILES string of the molecule is CCCc1ccc(C=NN=C(N)N)c(C)c1[N+](=O)[O-]. The summed E-state index contributed by atoms with van der Waals surface area (Å²) in [6.45, 7) is 3.67. The molecule has 0 fully saturated rings. The van der Waals surface area contributed by atoms with E-state index in [9.17, 15) is 10.1 Å². The highest BCUT2D eigenvalue weighted by Gasteiger charge is 2.18. The average molecular weight is 263 g/mol. The molecule has 7 nitrogen and oxygen atoms in total. The van der Waals surface area contributed by atoms with Crippen LogP contribution in [0.1, 0.15) is 30.0 Å². The van der Waals surface area contributed by atoms with Crippen molar-refractivity contribution in [1.82, 2.24) is 0 Å². The number of benzene rings is 1. The number of aryl methyl sites for hydroxylation is 1. The summed E-state index contributed by atoms with van der Waals surface area (Å²) in [5, 5.41) is 18.3. The Morgan fingerprint density at radius 3 is 2.68 bits per heavy atom. The Hall–Kier alpha value is -2.44. The molecule has 0 atom stereocenters. The molecule has 4 N–H and O–H groups in total. The van der Waals surface area contributed by atoms with Gasteiger partial charge in [0, 0.05) is 16.7 Å². The Labute approximate surface area is 111 Å². The summed E-state index contributed by atoms with van der Waals surface area (Å²) in [6.07, 6.45) is 2.92. The van der Waals surface area contributed by atoms with E-state index in [1.54, 1.807) is 19.1 Å². The van der Waals surface area contributed by atoms with Crippen LogP contribution in [0.25, 0.3) is 0 Å². The van der Waals surface area contributed by atoms with E-state index in [0.717, 1.165) is 12.0 Å². The number of hydrogen-bond donors (Lipinski definition) is 2. The van der Waals surface area contributed by atoms with Crippen molar-refractivity contribution in [2.24, 2.45) is 21.7 Å².